The van der Waals surface area contributed by atoms with Gasteiger partial charge >= 0.3 is 5.69 Å². The van der Waals surface area contributed by atoms with Gasteiger partial charge < -0.3 is 14.5 Å². The van der Waals surface area contributed by atoms with Gasteiger partial charge in [0, 0.05) is 25.5 Å². The number of likely N-dealkylation sites (tertiary alicyclic amines) is 1. The number of rotatable bonds is 8. The number of methoxy groups -OCH3 is 1. The molecule has 0 atom stereocenters. The van der Waals surface area contributed by atoms with Crippen molar-refractivity contribution in [1.82, 2.24) is 19.4 Å². The highest BCUT2D eigenvalue weighted by Gasteiger charge is 2.23. The molecule has 3 rings (SSSR count). The molecule has 7 heteroatoms. The summed E-state index contributed by atoms with van der Waals surface area (Å²) in [5.41, 5.74) is 0.765. The average molecular weight is 399 g/mol. The van der Waals surface area contributed by atoms with Crippen LogP contribution in [0, 0.1) is 5.92 Å². The number of carbonyl (C=O) groups is 1. The maximum Gasteiger partial charge on any atom is 0.347 e. The van der Waals surface area contributed by atoms with E-state index in [1.165, 1.54) is 10.8 Å². The molecular formula is C22H30N4O3. The molecule has 0 saturated carbocycles. The Morgan fingerprint density at radius 2 is 1.97 bits per heavy atom. The Morgan fingerprint density at radius 3 is 2.62 bits per heavy atom. The van der Waals surface area contributed by atoms with Crippen molar-refractivity contribution >= 4 is 5.91 Å². The second-order valence-electron chi connectivity index (χ2n) is 7.71. The fraction of sp³-hybridized carbons (Fsp3) is 0.500. The Kier molecular flexibility index (Phi) is 7.41. The Hall–Kier alpha value is -2.67. The molecule has 1 aromatic heterocycles. The van der Waals surface area contributed by atoms with Crippen LogP contribution in [0.25, 0.3) is 0 Å². The van der Waals surface area contributed by atoms with E-state index in [1.807, 2.05) is 29.2 Å². The highest BCUT2D eigenvalue weighted by Crippen LogP contribution is 2.18. The molecule has 1 aliphatic rings. The number of carbonyl (C=O) groups excluding carboxylic acids is 1. The Labute approximate surface area is 171 Å². The summed E-state index contributed by atoms with van der Waals surface area (Å²) in [6, 6.07) is 9.61. The molecule has 0 spiro atoms. The Morgan fingerprint density at radius 1 is 1.24 bits per heavy atom. The van der Waals surface area contributed by atoms with Crippen LogP contribution in [0.5, 0.6) is 5.75 Å². The molecule has 1 aromatic carbocycles. The lowest BCUT2D eigenvalue weighted by atomic mass is 9.96. The number of hydrogen-bond donors (Lipinski definition) is 0. The van der Waals surface area contributed by atoms with Crippen LogP contribution in [0.15, 0.2) is 47.5 Å². The molecular weight excluding hydrogens is 368 g/mol. The van der Waals surface area contributed by atoms with E-state index in [9.17, 15) is 9.59 Å². The molecule has 0 bridgehead atoms. The zero-order valence-corrected chi connectivity index (χ0v) is 17.3. The van der Waals surface area contributed by atoms with Crippen LogP contribution >= 0.6 is 0 Å². The number of ether oxygens (including phenoxy) is 1. The summed E-state index contributed by atoms with van der Waals surface area (Å²) in [5.74, 6) is 1.29. The summed E-state index contributed by atoms with van der Waals surface area (Å²) < 4.78 is 6.59. The van der Waals surface area contributed by atoms with Gasteiger partial charge in [-0.1, -0.05) is 12.1 Å². The van der Waals surface area contributed by atoms with Crippen molar-refractivity contribution in [3.63, 3.8) is 0 Å². The van der Waals surface area contributed by atoms with Crippen LogP contribution in [0.1, 0.15) is 18.4 Å². The Bertz CT molecular complexity index is 842. The van der Waals surface area contributed by atoms with Gasteiger partial charge in [0.25, 0.3) is 0 Å². The lowest BCUT2D eigenvalue weighted by molar-refractivity contribution is -0.132. The third kappa shape index (κ3) is 6.15. The standard InChI is InChI=1S/C22H30N4O3/c1-24-13-8-19(9-14-24)16-25(15-10-18-4-6-20(29-2)7-5-18)21(27)17-26-12-3-11-23-22(26)28/h3-7,11-12,19H,8-10,13-17H2,1-2H3. The van der Waals surface area contributed by atoms with E-state index in [4.69, 9.17) is 4.74 Å². The fourth-order valence-corrected chi connectivity index (χ4v) is 3.68. The van der Waals surface area contributed by atoms with Crippen molar-refractivity contribution in [3.05, 3.63) is 58.8 Å². The number of benzene rings is 1. The van der Waals surface area contributed by atoms with Crippen LogP contribution in [-0.2, 0) is 17.8 Å². The molecule has 2 heterocycles. The molecule has 0 radical (unpaired) electrons. The molecule has 7 nitrogen and oxygen atoms in total. The quantitative estimate of drug-likeness (QED) is 0.677. The van der Waals surface area contributed by atoms with Gasteiger partial charge in [-0.3, -0.25) is 9.36 Å². The van der Waals surface area contributed by atoms with E-state index in [1.54, 1.807) is 19.4 Å². The van der Waals surface area contributed by atoms with Crippen LogP contribution in [0.4, 0.5) is 0 Å². The SMILES string of the molecule is COc1ccc(CCN(CC2CCN(C)CC2)C(=O)Cn2cccnc2=O)cc1. The average Bonchev–Trinajstić information content (AvgIpc) is 2.74. The van der Waals surface area contributed by atoms with Crippen LogP contribution in [0.3, 0.4) is 0 Å². The topological polar surface area (TPSA) is 67.7 Å². The largest absolute Gasteiger partial charge is 0.497 e. The summed E-state index contributed by atoms with van der Waals surface area (Å²) >= 11 is 0. The highest BCUT2D eigenvalue weighted by molar-refractivity contribution is 5.76. The van der Waals surface area contributed by atoms with Gasteiger partial charge in [0.05, 0.1) is 7.11 Å². The third-order valence-electron chi connectivity index (χ3n) is 5.59. The summed E-state index contributed by atoms with van der Waals surface area (Å²) in [5, 5.41) is 0. The number of piperidine rings is 1. The van der Waals surface area contributed by atoms with E-state index in [-0.39, 0.29) is 12.5 Å². The van der Waals surface area contributed by atoms with Gasteiger partial charge in [0.2, 0.25) is 5.91 Å². The monoisotopic (exact) mass is 398 g/mol. The number of aromatic nitrogens is 2. The predicted octanol–water partition coefficient (Wildman–Crippen LogP) is 1.66. The molecule has 156 valence electrons. The summed E-state index contributed by atoms with van der Waals surface area (Å²) in [4.78, 5) is 32.9. The molecule has 1 fully saturated rings. The number of nitrogens with zero attached hydrogens (tertiary/aromatic N) is 4. The van der Waals surface area contributed by atoms with Crippen molar-refractivity contribution in [2.75, 3.05) is 40.3 Å². The second-order valence-corrected chi connectivity index (χ2v) is 7.71. The molecule has 0 N–H and O–H groups in total. The Balaban J connectivity index is 1.66. The first-order valence-corrected chi connectivity index (χ1v) is 10.2. The summed E-state index contributed by atoms with van der Waals surface area (Å²) in [6.45, 7) is 3.52. The maximum absolute atomic E-state index is 13.0. The minimum Gasteiger partial charge on any atom is -0.497 e. The van der Waals surface area contributed by atoms with Crippen LogP contribution < -0.4 is 10.4 Å². The normalized spacial score (nSPS) is 15.2. The number of hydrogen-bond acceptors (Lipinski definition) is 5. The molecule has 0 unspecified atom stereocenters. The van der Waals surface area contributed by atoms with Gasteiger partial charge in [-0.25, -0.2) is 9.78 Å². The first-order chi connectivity index (χ1) is 14.0. The third-order valence-corrected chi connectivity index (χ3v) is 5.59. The van der Waals surface area contributed by atoms with Crippen molar-refractivity contribution in [3.8, 4) is 5.75 Å². The summed E-state index contributed by atoms with van der Waals surface area (Å²) in [7, 11) is 3.79. The lowest BCUT2D eigenvalue weighted by Crippen LogP contribution is -2.43. The molecule has 1 aliphatic heterocycles. The van der Waals surface area contributed by atoms with E-state index >= 15 is 0 Å². The minimum absolute atomic E-state index is 0.0297. The van der Waals surface area contributed by atoms with E-state index in [0.29, 0.717) is 12.5 Å². The number of amides is 1. The first-order valence-electron chi connectivity index (χ1n) is 10.2. The van der Waals surface area contributed by atoms with Gasteiger partial charge in [0.1, 0.15) is 12.3 Å². The van der Waals surface area contributed by atoms with E-state index in [0.717, 1.165) is 50.2 Å². The van der Waals surface area contributed by atoms with E-state index in [2.05, 4.69) is 16.9 Å². The smallest absolute Gasteiger partial charge is 0.347 e. The zero-order valence-electron chi connectivity index (χ0n) is 17.3. The summed E-state index contributed by atoms with van der Waals surface area (Å²) in [6.07, 6.45) is 6.02. The lowest BCUT2D eigenvalue weighted by Gasteiger charge is -2.33. The van der Waals surface area contributed by atoms with Crippen molar-refractivity contribution in [2.45, 2.75) is 25.8 Å². The van der Waals surface area contributed by atoms with Crippen LogP contribution in [-0.4, -0.2) is 65.6 Å². The minimum atomic E-state index is -0.393. The van der Waals surface area contributed by atoms with Crippen LogP contribution in [0.2, 0.25) is 0 Å². The van der Waals surface area contributed by atoms with Gasteiger partial charge in [-0.2, -0.15) is 0 Å². The molecule has 1 saturated heterocycles. The predicted molar refractivity (Wildman–Crippen MR) is 112 cm³/mol. The zero-order chi connectivity index (χ0) is 20.6. The van der Waals surface area contributed by atoms with Gasteiger partial charge in [-0.15, -0.1) is 0 Å². The van der Waals surface area contributed by atoms with Crippen molar-refractivity contribution in [1.29, 1.82) is 0 Å². The van der Waals surface area contributed by atoms with Gasteiger partial charge in [0.15, 0.2) is 0 Å². The van der Waals surface area contributed by atoms with Crippen molar-refractivity contribution in [2.24, 2.45) is 5.92 Å². The second kappa shape index (κ2) is 10.2. The molecule has 1 amide bonds. The van der Waals surface area contributed by atoms with Gasteiger partial charge in [-0.05, 0) is 69.1 Å². The first kappa shape index (κ1) is 21.0. The fourth-order valence-electron chi connectivity index (χ4n) is 3.68. The molecule has 29 heavy (non-hydrogen) atoms. The molecule has 0 aliphatic carbocycles. The maximum atomic E-state index is 13.0. The highest BCUT2D eigenvalue weighted by atomic mass is 16.5. The molecule has 2 aromatic rings. The van der Waals surface area contributed by atoms with E-state index < -0.39 is 5.69 Å². The van der Waals surface area contributed by atoms with Crippen molar-refractivity contribution < 1.29 is 9.53 Å².